The van der Waals surface area contributed by atoms with Crippen LogP contribution in [0.5, 0.6) is 5.75 Å². The van der Waals surface area contributed by atoms with Crippen LogP contribution < -0.4 is 4.74 Å². The van der Waals surface area contributed by atoms with Crippen LogP contribution in [-0.4, -0.2) is 24.7 Å². The number of carbonyl (C=O) groups is 1. The molecule has 134 valence electrons. The Kier molecular flexibility index (Phi) is 6.02. The molecule has 3 rings (SSSR count). The van der Waals surface area contributed by atoms with Gasteiger partial charge in [-0.3, -0.25) is 4.79 Å². The maximum absolute atomic E-state index is 11.4. The van der Waals surface area contributed by atoms with Gasteiger partial charge in [0.1, 0.15) is 10.8 Å². The smallest absolute Gasteiger partial charge is 0.309 e. The first-order chi connectivity index (χ1) is 12.7. The van der Waals surface area contributed by atoms with E-state index in [0.29, 0.717) is 6.61 Å². The molecule has 3 aromatic rings. The van der Waals surface area contributed by atoms with E-state index in [0.717, 1.165) is 34.0 Å². The summed E-state index contributed by atoms with van der Waals surface area (Å²) in [6.07, 6.45) is 0.996. The largest absolute Gasteiger partial charge is 0.493 e. The van der Waals surface area contributed by atoms with Crippen molar-refractivity contribution in [2.24, 2.45) is 0 Å². The van der Waals surface area contributed by atoms with E-state index in [1.807, 2.05) is 42.5 Å². The van der Waals surface area contributed by atoms with E-state index in [1.165, 1.54) is 12.0 Å². The lowest BCUT2D eigenvalue weighted by molar-refractivity contribution is -0.139. The van der Waals surface area contributed by atoms with Crippen molar-refractivity contribution >= 4 is 17.3 Å². The summed E-state index contributed by atoms with van der Waals surface area (Å²) in [5.74, 6) is 0.497. The minimum atomic E-state index is -0.256. The second-order valence-electron chi connectivity index (χ2n) is 5.89. The van der Waals surface area contributed by atoms with E-state index < -0.39 is 0 Å². The number of aryl methyl sites for hydroxylation is 1. The number of nitrogens with zero attached hydrogens (tertiary/aromatic N) is 1. The molecule has 0 aliphatic heterocycles. The zero-order valence-corrected chi connectivity index (χ0v) is 15.7. The van der Waals surface area contributed by atoms with E-state index in [-0.39, 0.29) is 12.4 Å². The predicted molar refractivity (Wildman–Crippen MR) is 104 cm³/mol. The van der Waals surface area contributed by atoms with E-state index in [9.17, 15) is 4.79 Å². The van der Waals surface area contributed by atoms with Crippen LogP contribution in [0.15, 0.2) is 54.6 Å². The Morgan fingerprint density at radius 3 is 2.69 bits per heavy atom. The van der Waals surface area contributed by atoms with Gasteiger partial charge in [-0.05, 0) is 24.6 Å². The topological polar surface area (TPSA) is 48.4 Å². The molecule has 0 amide bonds. The van der Waals surface area contributed by atoms with E-state index in [1.54, 1.807) is 11.3 Å². The fourth-order valence-electron chi connectivity index (χ4n) is 2.61. The molecule has 0 saturated carbocycles. The Bertz CT molecular complexity index is 874. The fraction of sp³-hybridized carbons (Fsp3) is 0.238. The van der Waals surface area contributed by atoms with Crippen LogP contribution in [0, 0.1) is 6.92 Å². The number of thiazole rings is 1. The van der Waals surface area contributed by atoms with Gasteiger partial charge in [0, 0.05) is 16.9 Å². The van der Waals surface area contributed by atoms with Gasteiger partial charge in [-0.15, -0.1) is 11.3 Å². The van der Waals surface area contributed by atoms with Gasteiger partial charge in [0.2, 0.25) is 0 Å². The van der Waals surface area contributed by atoms with Gasteiger partial charge >= 0.3 is 5.97 Å². The predicted octanol–water partition coefficient (Wildman–Crippen LogP) is 4.46. The zero-order chi connectivity index (χ0) is 18.4. The maximum atomic E-state index is 11.4. The molecule has 0 saturated heterocycles. The number of esters is 1. The molecule has 26 heavy (non-hydrogen) atoms. The molecular formula is C21H21NO3S. The molecule has 0 atom stereocenters. The number of hydrogen-bond donors (Lipinski definition) is 0. The molecule has 1 aromatic heterocycles. The second kappa shape index (κ2) is 8.63. The highest BCUT2D eigenvalue weighted by molar-refractivity contribution is 7.15. The third-order valence-electron chi connectivity index (χ3n) is 4.00. The Morgan fingerprint density at radius 2 is 1.92 bits per heavy atom. The second-order valence-corrected chi connectivity index (χ2v) is 7.09. The minimum absolute atomic E-state index is 0.249. The Morgan fingerprint density at radius 1 is 1.12 bits per heavy atom. The van der Waals surface area contributed by atoms with Gasteiger partial charge in [0.25, 0.3) is 0 Å². The van der Waals surface area contributed by atoms with E-state index in [2.05, 4.69) is 19.1 Å². The lowest BCUT2D eigenvalue weighted by Gasteiger charge is -2.07. The molecule has 0 radical (unpaired) electrons. The van der Waals surface area contributed by atoms with Crippen molar-refractivity contribution in [3.8, 4) is 16.3 Å². The molecule has 0 aliphatic rings. The van der Waals surface area contributed by atoms with Crippen molar-refractivity contribution in [1.82, 2.24) is 4.98 Å². The van der Waals surface area contributed by atoms with Crippen LogP contribution in [0.25, 0.3) is 10.6 Å². The lowest BCUT2D eigenvalue weighted by atomic mass is 10.1. The van der Waals surface area contributed by atoms with Crippen molar-refractivity contribution in [3.63, 3.8) is 0 Å². The molecule has 0 fully saturated rings. The summed E-state index contributed by atoms with van der Waals surface area (Å²) in [7, 11) is 1.39. The summed E-state index contributed by atoms with van der Waals surface area (Å²) in [5, 5.41) is 1.04. The van der Waals surface area contributed by atoms with Gasteiger partial charge in [-0.2, -0.15) is 0 Å². The molecule has 0 bridgehead atoms. The molecule has 4 nitrogen and oxygen atoms in total. The maximum Gasteiger partial charge on any atom is 0.309 e. The first-order valence-corrected chi connectivity index (χ1v) is 9.27. The molecule has 0 spiro atoms. The van der Waals surface area contributed by atoms with Crippen LogP contribution in [0.3, 0.4) is 0 Å². The number of aromatic nitrogens is 1. The Labute approximate surface area is 157 Å². The van der Waals surface area contributed by atoms with E-state index in [4.69, 9.17) is 14.5 Å². The monoisotopic (exact) mass is 367 g/mol. The van der Waals surface area contributed by atoms with Gasteiger partial charge in [0.15, 0.2) is 0 Å². The van der Waals surface area contributed by atoms with E-state index >= 15 is 0 Å². The van der Waals surface area contributed by atoms with Gasteiger partial charge in [-0.1, -0.05) is 42.5 Å². The molecule has 0 aliphatic carbocycles. The fourth-order valence-corrected chi connectivity index (χ4v) is 3.58. The van der Waals surface area contributed by atoms with Crippen LogP contribution in [0.2, 0.25) is 0 Å². The van der Waals surface area contributed by atoms with Crippen molar-refractivity contribution in [3.05, 3.63) is 70.7 Å². The molecular weight excluding hydrogens is 346 g/mol. The Hall–Kier alpha value is -2.66. The number of rotatable bonds is 7. The number of hydrogen-bond acceptors (Lipinski definition) is 5. The highest BCUT2D eigenvalue weighted by atomic mass is 32.1. The van der Waals surface area contributed by atoms with Crippen LogP contribution in [-0.2, 0) is 22.4 Å². The molecule has 5 heteroatoms. The number of benzene rings is 2. The van der Waals surface area contributed by atoms with Gasteiger partial charge < -0.3 is 9.47 Å². The summed E-state index contributed by atoms with van der Waals surface area (Å²) < 4.78 is 10.5. The summed E-state index contributed by atoms with van der Waals surface area (Å²) in [6.45, 7) is 2.64. The van der Waals surface area contributed by atoms with Crippen LogP contribution in [0.1, 0.15) is 16.1 Å². The summed E-state index contributed by atoms with van der Waals surface area (Å²) in [6, 6.07) is 17.7. The SMILES string of the molecule is COC(=O)Cc1cccc(OCCc2nc(-c3ccccc3)sc2C)c1. The number of ether oxygens (including phenoxy) is 2. The van der Waals surface area contributed by atoms with Gasteiger partial charge in [0.05, 0.1) is 25.8 Å². The van der Waals surface area contributed by atoms with Crippen LogP contribution >= 0.6 is 11.3 Å². The molecule has 1 heterocycles. The Balaban J connectivity index is 1.59. The van der Waals surface area contributed by atoms with Crippen molar-refractivity contribution in [2.75, 3.05) is 13.7 Å². The average Bonchev–Trinajstić information content (AvgIpc) is 3.03. The number of methoxy groups -OCH3 is 1. The highest BCUT2D eigenvalue weighted by Gasteiger charge is 2.10. The highest BCUT2D eigenvalue weighted by Crippen LogP contribution is 2.27. The van der Waals surface area contributed by atoms with Crippen molar-refractivity contribution in [1.29, 1.82) is 0 Å². The third-order valence-corrected chi connectivity index (χ3v) is 5.06. The molecule has 0 N–H and O–H groups in total. The van der Waals surface area contributed by atoms with Crippen molar-refractivity contribution in [2.45, 2.75) is 19.8 Å². The zero-order valence-electron chi connectivity index (χ0n) is 14.9. The normalized spacial score (nSPS) is 10.5. The molecule has 2 aromatic carbocycles. The third kappa shape index (κ3) is 4.70. The summed E-state index contributed by atoms with van der Waals surface area (Å²) >= 11 is 1.71. The first-order valence-electron chi connectivity index (χ1n) is 8.46. The first kappa shape index (κ1) is 18.1. The lowest BCUT2D eigenvalue weighted by Crippen LogP contribution is -2.06. The average molecular weight is 367 g/mol. The van der Waals surface area contributed by atoms with Crippen molar-refractivity contribution < 1.29 is 14.3 Å². The molecule has 0 unspecified atom stereocenters. The van der Waals surface area contributed by atoms with Crippen LogP contribution in [0.4, 0.5) is 0 Å². The quantitative estimate of drug-likeness (QED) is 0.579. The number of carbonyl (C=O) groups excluding carboxylic acids is 1. The standard InChI is InChI=1S/C21H21NO3S/c1-15-19(22-21(26-15)17-8-4-3-5-9-17)11-12-25-18-10-6-7-16(13-18)14-20(23)24-2/h3-10,13H,11-12,14H2,1-2H3. The summed E-state index contributed by atoms with van der Waals surface area (Å²) in [4.78, 5) is 17.3. The summed E-state index contributed by atoms with van der Waals surface area (Å²) in [5.41, 5.74) is 3.09. The minimum Gasteiger partial charge on any atom is -0.493 e. The van der Waals surface area contributed by atoms with Gasteiger partial charge in [-0.25, -0.2) is 4.98 Å².